The summed E-state index contributed by atoms with van der Waals surface area (Å²) in [5, 5.41) is 2.68. The Hall–Kier alpha value is -2.65. The molecule has 0 radical (unpaired) electrons. The molecule has 0 N–H and O–H groups in total. The van der Waals surface area contributed by atoms with Crippen molar-refractivity contribution in [1.82, 2.24) is 0 Å². The Balaban J connectivity index is 1.52. The topological polar surface area (TPSA) is 7.12 Å². The van der Waals surface area contributed by atoms with E-state index in [0.29, 0.717) is 0 Å². The van der Waals surface area contributed by atoms with Crippen molar-refractivity contribution in [2.24, 2.45) is 0 Å². The number of hydrogen-bond donors (Lipinski definition) is 0. The minimum atomic E-state index is 1.02. The second-order valence-corrected chi connectivity index (χ2v) is 16.2. The molecule has 0 aliphatic rings. The smallest absolute Gasteiger partial charge is 0.169 e. The summed E-state index contributed by atoms with van der Waals surface area (Å²) in [5.41, 5.74) is 3.92. The number of rotatable bonds is 29. The summed E-state index contributed by atoms with van der Waals surface area (Å²) in [5.74, 6) is 0. The van der Waals surface area contributed by atoms with E-state index in [9.17, 15) is 0 Å². The Morgan fingerprint density at radius 3 is 1.48 bits per heavy atom. The predicted molar refractivity (Wildman–Crippen MR) is 223 cm³/mol. The molecule has 3 rings (SSSR count). The number of unbranched alkanes of at least 4 members (excludes halogenated alkanes) is 18. The van der Waals surface area contributed by atoms with Crippen molar-refractivity contribution in [2.75, 3.05) is 45.7 Å². The fourth-order valence-electron chi connectivity index (χ4n) is 7.15. The van der Waals surface area contributed by atoms with Crippen molar-refractivity contribution in [2.45, 2.75) is 155 Å². The normalized spacial score (nSPS) is 12.0. The van der Waals surface area contributed by atoms with Gasteiger partial charge in [0.1, 0.15) is 0 Å². The van der Waals surface area contributed by atoms with Crippen LogP contribution in [0.1, 0.15) is 160 Å². The van der Waals surface area contributed by atoms with E-state index in [1.54, 1.807) is 0 Å². The molecular formula is C47H77N3+2. The maximum atomic E-state index is 2.70. The first kappa shape index (κ1) is 41.8. The molecule has 0 saturated heterocycles. The summed E-state index contributed by atoms with van der Waals surface area (Å²) in [7, 11) is 6.79. The zero-order valence-electron chi connectivity index (χ0n) is 33.4. The minimum absolute atomic E-state index is 1.02. The second kappa shape index (κ2) is 25.3. The number of aryl methyl sites for hydroxylation is 1. The largest absolute Gasteiger partial charge is 0.372 e. The van der Waals surface area contributed by atoms with Gasteiger partial charge in [0.25, 0.3) is 0 Å². The van der Waals surface area contributed by atoms with Gasteiger partial charge in [-0.15, -0.1) is 0 Å². The lowest BCUT2D eigenvalue weighted by molar-refractivity contribution is -0.873. The molecule has 2 aromatic carbocycles. The maximum Gasteiger partial charge on any atom is 0.169 e. The number of aromatic nitrogens is 1. The molecule has 0 fully saturated rings. The van der Waals surface area contributed by atoms with Crippen molar-refractivity contribution in [3.63, 3.8) is 0 Å². The van der Waals surface area contributed by atoms with Gasteiger partial charge in [0.15, 0.2) is 18.9 Å². The van der Waals surface area contributed by atoms with Crippen molar-refractivity contribution >= 4 is 28.6 Å². The van der Waals surface area contributed by atoms with E-state index in [1.165, 1.54) is 182 Å². The first-order valence-corrected chi connectivity index (χ1v) is 21.1. The van der Waals surface area contributed by atoms with E-state index in [4.69, 9.17) is 0 Å². The third kappa shape index (κ3) is 18.5. The van der Waals surface area contributed by atoms with E-state index >= 15 is 0 Å². The Morgan fingerprint density at radius 2 is 0.960 bits per heavy atom. The monoisotopic (exact) mass is 684 g/mol. The summed E-state index contributed by atoms with van der Waals surface area (Å²) in [4.78, 5) is 2.70. The molecule has 0 spiro atoms. The number of hydrogen-bond acceptors (Lipinski definition) is 1. The van der Waals surface area contributed by atoms with Crippen molar-refractivity contribution in [1.29, 1.82) is 0 Å². The molecular weight excluding hydrogens is 607 g/mol. The van der Waals surface area contributed by atoms with Crippen LogP contribution in [0.5, 0.6) is 0 Å². The highest BCUT2D eigenvalue weighted by molar-refractivity contribution is 5.88. The molecule has 278 valence electrons. The average molecular weight is 684 g/mol. The third-order valence-corrected chi connectivity index (χ3v) is 10.4. The summed E-state index contributed by atoms with van der Waals surface area (Å²) in [6.07, 6.45) is 38.1. The molecule has 3 aromatic rings. The van der Waals surface area contributed by atoms with Gasteiger partial charge in [-0.3, -0.25) is 0 Å². The highest BCUT2D eigenvalue weighted by Crippen LogP contribution is 2.25. The number of benzene rings is 2. The number of quaternary nitrogens is 1. The quantitative estimate of drug-likeness (QED) is 0.0401. The van der Waals surface area contributed by atoms with Gasteiger partial charge in [-0.1, -0.05) is 160 Å². The van der Waals surface area contributed by atoms with E-state index < -0.39 is 0 Å². The van der Waals surface area contributed by atoms with Crippen LogP contribution in [-0.4, -0.2) is 45.3 Å². The number of pyridine rings is 1. The van der Waals surface area contributed by atoms with Gasteiger partial charge in [0, 0.05) is 30.9 Å². The lowest BCUT2D eigenvalue weighted by atomic mass is 10.0. The number of anilines is 1. The van der Waals surface area contributed by atoms with Gasteiger partial charge >= 0.3 is 0 Å². The molecule has 3 nitrogen and oxygen atoms in total. The van der Waals surface area contributed by atoms with Crippen LogP contribution in [0.2, 0.25) is 0 Å². The van der Waals surface area contributed by atoms with Crippen molar-refractivity contribution < 1.29 is 9.05 Å². The van der Waals surface area contributed by atoms with Crippen LogP contribution in [-0.2, 0) is 6.54 Å². The highest BCUT2D eigenvalue weighted by atomic mass is 15.3. The maximum absolute atomic E-state index is 2.70. The van der Waals surface area contributed by atoms with Gasteiger partial charge in [-0.25, -0.2) is 4.57 Å². The van der Waals surface area contributed by atoms with Crippen LogP contribution in [0.25, 0.3) is 22.9 Å². The second-order valence-electron chi connectivity index (χ2n) is 16.2. The molecule has 0 aliphatic heterocycles. The van der Waals surface area contributed by atoms with E-state index in [2.05, 4.69) is 118 Å². The van der Waals surface area contributed by atoms with Crippen LogP contribution in [0.4, 0.5) is 5.69 Å². The van der Waals surface area contributed by atoms with Gasteiger partial charge in [-0.2, -0.15) is 0 Å². The van der Waals surface area contributed by atoms with E-state index in [1.807, 2.05) is 0 Å². The number of fused-ring (bicyclic) bond motifs is 1. The molecule has 0 unspecified atom stereocenters. The third-order valence-electron chi connectivity index (χ3n) is 10.4. The lowest BCUT2D eigenvalue weighted by Crippen LogP contribution is -2.39. The van der Waals surface area contributed by atoms with E-state index in [0.717, 1.165) is 11.0 Å². The summed E-state index contributed by atoms with van der Waals surface area (Å²) >= 11 is 0. The summed E-state index contributed by atoms with van der Waals surface area (Å²) < 4.78 is 3.32. The first-order chi connectivity index (χ1) is 24.4. The zero-order chi connectivity index (χ0) is 35.7. The molecule has 50 heavy (non-hydrogen) atoms. The van der Waals surface area contributed by atoms with Gasteiger partial charge in [0.05, 0.1) is 34.1 Å². The molecule has 1 heterocycles. The lowest BCUT2D eigenvalue weighted by Gasteiger charge is -2.25. The fourth-order valence-corrected chi connectivity index (χ4v) is 7.15. The van der Waals surface area contributed by atoms with Crippen LogP contribution in [0.15, 0.2) is 60.9 Å². The molecule has 0 atom stereocenters. The fraction of sp³-hybridized carbons (Fsp3) is 0.638. The predicted octanol–water partition coefficient (Wildman–Crippen LogP) is 13.0. The zero-order valence-corrected chi connectivity index (χ0v) is 33.4. The Morgan fingerprint density at radius 1 is 0.500 bits per heavy atom. The summed E-state index contributed by atoms with van der Waals surface area (Å²) in [6, 6.07) is 18.6. The van der Waals surface area contributed by atoms with Crippen molar-refractivity contribution in [3.05, 3.63) is 72.1 Å². The van der Waals surface area contributed by atoms with Gasteiger partial charge < -0.3 is 9.38 Å². The Labute approximate surface area is 309 Å². The van der Waals surface area contributed by atoms with Crippen molar-refractivity contribution in [3.8, 4) is 0 Å². The molecule has 0 aliphatic carbocycles. The standard InChI is InChI=1S/C47H77N3/c1-6-8-10-12-14-16-18-20-22-24-36-49(37-25-23-21-19-17-15-13-11-9-7-2)47-32-31-45-41-44(29-30-46(45)42-47)28-27-43-33-38-48(39-34-43)35-26-40-50(3,4)5/h27-34,38-39,41-42H,6-26,35-37,40H2,1-5H3/q+2. The van der Waals surface area contributed by atoms with Gasteiger partial charge in [-0.05, 0) is 52.9 Å². The minimum Gasteiger partial charge on any atom is -0.372 e. The van der Waals surface area contributed by atoms with Crippen LogP contribution in [0, 0.1) is 0 Å². The first-order valence-electron chi connectivity index (χ1n) is 21.1. The molecule has 0 amide bonds. The molecule has 0 bridgehead atoms. The van der Waals surface area contributed by atoms with Crippen LogP contribution >= 0.6 is 0 Å². The Kier molecular flexibility index (Phi) is 21.2. The van der Waals surface area contributed by atoms with Crippen LogP contribution < -0.4 is 9.47 Å². The number of nitrogens with zero attached hydrogens (tertiary/aromatic N) is 3. The van der Waals surface area contributed by atoms with E-state index in [-0.39, 0.29) is 0 Å². The molecule has 0 saturated carbocycles. The Bertz CT molecular complexity index is 1280. The summed E-state index contributed by atoms with van der Waals surface area (Å²) in [6.45, 7) is 9.25. The average Bonchev–Trinajstić information content (AvgIpc) is 3.11. The highest BCUT2D eigenvalue weighted by Gasteiger charge is 2.10. The molecule has 3 heteroatoms. The SMILES string of the molecule is CCCCCCCCCCCCN(CCCCCCCCCCCC)c1ccc2cc(/C=C/c3cc[n+](CCC[N+](C)(C)C)cc3)ccc2c1. The molecule has 1 aromatic heterocycles. The van der Waals surface area contributed by atoms with Crippen LogP contribution in [0.3, 0.4) is 0 Å². The van der Waals surface area contributed by atoms with Gasteiger partial charge in [0.2, 0.25) is 0 Å².